The average molecular weight is 382 g/mol. The Bertz CT molecular complexity index is 526. The third-order valence-electron chi connectivity index (χ3n) is 4.48. The number of rotatable bonds is 5. The number of carbonyl (C=O) groups is 2. The van der Waals surface area contributed by atoms with Crippen molar-refractivity contribution in [1.29, 1.82) is 0 Å². The van der Waals surface area contributed by atoms with Crippen LogP contribution in [0.3, 0.4) is 0 Å². The molecule has 26 heavy (non-hydrogen) atoms. The lowest BCUT2D eigenvalue weighted by Gasteiger charge is -2.44. The van der Waals surface area contributed by atoms with Crippen LogP contribution >= 0.6 is 0 Å². The summed E-state index contributed by atoms with van der Waals surface area (Å²) < 4.78 is 20.1. The summed E-state index contributed by atoms with van der Waals surface area (Å²) in [5, 5.41) is 58.5. The lowest BCUT2D eigenvalue weighted by molar-refractivity contribution is -0.344. The van der Waals surface area contributed by atoms with Crippen LogP contribution in [0.2, 0.25) is 0 Å². The normalized spacial score (nSPS) is 46.7. The third-order valence-corrected chi connectivity index (χ3v) is 4.48. The topological polar surface area (TPSA) is 192 Å². The molecule has 2 fully saturated rings. The summed E-state index contributed by atoms with van der Waals surface area (Å²) in [5.41, 5.74) is 0. The molecule has 2 saturated heterocycles. The first-order chi connectivity index (χ1) is 12.1. The fourth-order valence-electron chi connectivity index (χ4n) is 2.93. The van der Waals surface area contributed by atoms with Crippen molar-refractivity contribution < 1.29 is 59.2 Å². The number of hydrogen-bond acceptors (Lipinski definition) is 10. The van der Waals surface area contributed by atoms with Gasteiger partial charge in [0.25, 0.3) is 0 Å². The van der Waals surface area contributed by atoms with Crippen molar-refractivity contribution in [3.05, 3.63) is 0 Å². The summed E-state index contributed by atoms with van der Waals surface area (Å²) >= 11 is 0. The largest absolute Gasteiger partial charge is 0.479 e. The molecule has 0 aromatic carbocycles. The van der Waals surface area contributed by atoms with E-state index >= 15 is 0 Å². The van der Waals surface area contributed by atoms with Gasteiger partial charge in [-0.1, -0.05) is 6.92 Å². The Morgan fingerprint density at radius 2 is 1.31 bits per heavy atom. The van der Waals surface area contributed by atoms with Gasteiger partial charge in [0.15, 0.2) is 24.8 Å². The Balaban J connectivity index is 2.22. The van der Waals surface area contributed by atoms with E-state index in [4.69, 9.17) is 24.1 Å². The standard InChI is InChI=1S/C14H22O12/c1-3-4(15)6(17)14(24-8(3)11(19)20)25-9-5(16)7(18)13(23-2)26-10(9)12(21)22/h3-10,13-18H,1-2H3,(H,19,20)(H,21,22)/t3-,4-,5+,6+,7+,8-,9-,10-,13-,14+/m0/s1. The summed E-state index contributed by atoms with van der Waals surface area (Å²) in [7, 11) is 1.13. The lowest BCUT2D eigenvalue weighted by atomic mass is 9.90. The summed E-state index contributed by atoms with van der Waals surface area (Å²) in [6.07, 6.45) is -15.1. The van der Waals surface area contributed by atoms with E-state index in [9.17, 15) is 35.1 Å². The van der Waals surface area contributed by atoms with E-state index in [-0.39, 0.29) is 0 Å². The SMILES string of the molecule is CO[C@H]1O[C@H](C(=O)O)[C@@H](O[C@H]2O[C@H](C(=O)O)[C@@H](C)[C@H](O)[C@H]2O)[C@H](O)[C@H]1O. The highest BCUT2D eigenvalue weighted by Crippen LogP contribution is 2.31. The van der Waals surface area contributed by atoms with E-state index in [0.717, 1.165) is 7.11 Å². The minimum Gasteiger partial charge on any atom is -0.479 e. The van der Waals surface area contributed by atoms with Crippen LogP contribution in [-0.2, 0) is 28.5 Å². The quantitative estimate of drug-likeness (QED) is 0.278. The van der Waals surface area contributed by atoms with Crippen LogP contribution < -0.4 is 0 Å². The van der Waals surface area contributed by atoms with Gasteiger partial charge in [-0.3, -0.25) is 0 Å². The Morgan fingerprint density at radius 3 is 1.81 bits per heavy atom. The second kappa shape index (κ2) is 8.10. The van der Waals surface area contributed by atoms with Gasteiger partial charge >= 0.3 is 11.9 Å². The predicted molar refractivity (Wildman–Crippen MR) is 77.7 cm³/mol. The molecular weight excluding hydrogens is 360 g/mol. The highest BCUT2D eigenvalue weighted by molar-refractivity contribution is 5.73. The molecule has 0 bridgehead atoms. The van der Waals surface area contributed by atoms with Gasteiger partial charge < -0.3 is 49.6 Å². The molecule has 2 aliphatic heterocycles. The number of aliphatic hydroxyl groups excluding tert-OH is 4. The van der Waals surface area contributed by atoms with Crippen molar-refractivity contribution in [2.75, 3.05) is 7.11 Å². The van der Waals surface area contributed by atoms with Crippen LogP contribution in [0.15, 0.2) is 0 Å². The molecule has 0 aromatic rings. The van der Waals surface area contributed by atoms with Crippen LogP contribution in [0, 0.1) is 5.92 Å². The maximum absolute atomic E-state index is 11.4. The molecule has 10 atom stereocenters. The van der Waals surface area contributed by atoms with Crippen molar-refractivity contribution in [2.24, 2.45) is 5.92 Å². The van der Waals surface area contributed by atoms with E-state index in [1.165, 1.54) is 6.92 Å². The fourth-order valence-corrected chi connectivity index (χ4v) is 2.93. The van der Waals surface area contributed by atoms with Gasteiger partial charge in [0.1, 0.15) is 24.4 Å². The molecule has 0 spiro atoms. The van der Waals surface area contributed by atoms with Gasteiger partial charge in [0.05, 0.1) is 6.10 Å². The van der Waals surface area contributed by atoms with Gasteiger partial charge in [-0.05, 0) is 0 Å². The van der Waals surface area contributed by atoms with E-state index in [0.29, 0.717) is 0 Å². The highest BCUT2D eigenvalue weighted by Gasteiger charge is 2.53. The minimum absolute atomic E-state index is 0.978. The summed E-state index contributed by atoms with van der Waals surface area (Å²) in [4.78, 5) is 22.6. The zero-order valence-corrected chi connectivity index (χ0v) is 13.9. The van der Waals surface area contributed by atoms with Gasteiger partial charge in [-0.2, -0.15) is 0 Å². The molecule has 0 saturated carbocycles. The smallest absolute Gasteiger partial charge is 0.335 e. The first kappa shape index (κ1) is 20.9. The molecule has 0 aromatic heterocycles. The molecule has 0 unspecified atom stereocenters. The Morgan fingerprint density at radius 1 is 0.808 bits per heavy atom. The molecule has 2 aliphatic rings. The Kier molecular flexibility index (Phi) is 6.52. The molecule has 12 heteroatoms. The summed E-state index contributed by atoms with van der Waals surface area (Å²) in [6.45, 7) is 1.34. The monoisotopic (exact) mass is 382 g/mol. The number of aliphatic hydroxyl groups is 4. The van der Waals surface area contributed by atoms with Crippen molar-refractivity contribution in [3.63, 3.8) is 0 Å². The van der Waals surface area contributed by atoms with Crippen molar-refractivity contribution in [3.8, 4) is 0 Å². The fraction of sp³-hybridized carbons (Fsp3) is 0.857. The van der Waals surface area contributed by atoms with E-state index in [2.05, 4.69) is 0 Å². The second-order valence-electron chi connectivity index (χ2n) is 6.18. The molecular formula is C14H22O12. The highest BCUT2D eigenvalue weighted by atomic mass is 16.7. The minimum atomic E-state index is -1.81. The van der Waals surface area contributed by atoms with Crippen LogP contribution in [0.5, 0.6) is 0 Å². The number of methoxy groups -OCH3 is 1. The molecule has 0 amide bonds. The molecule has 2 rings (SSSR count). The maximum Gasteiger partial charge on any atom is 0.335 e. The first-order valence-electron chi connectivity index (χ1n) is 7.77. The molecule has 0 aliphatic carbocycles. The molecule has 0 radical (unpaired) electrons. The van der Waals surface area contributed by atoms with Gasteiger partial charge in [0, 0.05) is 13.0 Å². The zero-order valence-electron chi connectivity index (χ0n) is 13.9. The Labute approximate surface area is 147 Å². The van der Waals surface area contributed by atoms with Crippen LogP contribution in [0.1, 0.15) is 6.92 Å². The number of aliphatic carboxylic acids is 2. The molecule has 2 heterocycles. The predicted octanol–water partition coefficient (Wildman–Crippen LogP) is -3.28. The van der Waals surface area contributed by atoms with Crippen molar-refractivity contribution in [2.45, 2.75) is 62.2 Å². The zero-order chi connectivity index (χ0) is 19.8. The maximum atomic E-state index is 11.4. The van der Waals surface area contributed by atoms with Crippen LogP contribution in [0.4, 0.5) is 0 Å². The number of carboxylic acids is 2. The molecule has 12 nitrogen and oxygen atoms in total. The van der Waals surface area contributed by atoms with Gasteiger partial charge in [-0.15, -0.1) is 0 Å². The van der Waals surface area contributed by atoms with Gasteiger partial charge in [-0.25, -0.2) is 9.59 Å². The van der Waals surface area contributed by atoms with E-state index in [1.54, 1.807) is 0 Å². The third kappa shape index (κ3) is 3.82. The second-order valence-corrected chi connectivity index (χ2v) is 6.18. The summed E-state index contributed by atoms with van der Waals surface area (Å²) in [6, 6.07) is 0. The van der Waals surface area contributed by atoms with Crippen LogP contribution in [-0.4, -0.2) is 105 Å². The first-order valence-corrected chi connectivity index (χ1v) is 7.77. The van der Waals surface area contributed by atoms with E-state index < -0.39 is 73.2 Å². The van der Waals surface area contributed by atoms with Crippen LogP contribution in [0.25, 0.3) is 0 Å². The number of hydrogen-bond donors (Lipinski definition) is 6. The Hall–Kier alpha value is -1.38. The van der Waals surface area contributed by atoms with E-state index in [1.807, 2.05) is 0 Å². The summed E-state index contributed by atoms with van der Waals surface area (Å²) in [5.74, 6) is -3.96. The van der Waals surface area contributed by atoms with Crippen molar-refractivity contribution >= 4 is 11.9 Å². The lowest BCUT2D eigenvalue weighted by Crippen LogP contribution is -2.64. The number of carboxylic acid groups (broad SMARTS) is 2. The molecule has 150 valence electrons. The van der Waals surface area contributed by atoms with Crippen molar-refractivity contribution in [1.82, 2.24) is 0 Å². The van der Waals surface area contributed by atoms with Gasteiger partial charge in [0.2, 0.25) is 0 Å². The number of ether oxygens (including phenoxy) is 4. The molecule has 6 N–H and O–H groups in total. The average Bonchev–Trinajstić information content (AvgIpc) is 2.58.